The van der Waals surface area contributed by atoms with Crippen LogP contribution in [0.15, 0.2) is 65.3 Å². The summed E-state index contributed by atoms with van der Waals surface area (Å²) in [6.45, 7) is 0. The lowest BCUT2D eigenvalue weighted by Gasteiger charge is -2.32. The summed E-state index contributed by atoms with van der Waals surface area (Å²) < 4.78 is 21.4. The van der Waals surface area contributed by atoms with Crippen molar-refractivity contribution in [2.75, 3.05) is 26.2 Å². The van der Waals surface area contributed by atoms with Crippen LogP contribution >= 0.6 is 0 Å². The van der Waals surface area contributed by atoms with Gasteiger partial charge < -0.3 is 23.9 Å². The van der Waals surface area contributed by atoms with E-state index in [-0.39, 0.29) is 17.7 Å². The Balaban J connectivity index is 1.88. The molecule has 0 aliphatic heterocycles. The molecule has 2 amide bonds. The van der Waals surface area contributed by atoms with Crippen LogP contribution in [0.1, 0.15) is 58.2 Å². The lowest BCUT2D eigenvalue weighted by Crippen LogP contribution is -2.46. The Morgan fingerprint density at radius 1 is 0.946 bits per heavy atom. The van der Waals surface area contributed by atoms with Gasteiger partial charge in [0.1, 0.15) is 6.04 Å². The van der Waals surface area contributed by atoms with E-state index in [1.807, 2.05) is 0 Å². The molecule has 1 aliphatic carbocycles. The van der Waals surface area contributed by atoms with E-state index in [0.717, 1.165) is 25.7 Å². The highest BCUT2D eigenvalue weighted by atomic mass is 16.5. The number of hydrogen-bond acceptors (Lipinski definition) is 7. The molecule has 9 nitrogen and oxygen atoms in total. The largest absolute Gasteiger partial charge is 0.493 e. The standard InChI is InChI=1S/C28H30N2O7/c1-34-22-11-6-10-21(25(22)35-2)24(26(31)29-19-8-4-5-9-19)30(27(32)23-12-7-17-37-23)20-15-13-18(14-16-20)28(33)36-3/h6-7,10-17,19,24H,4-5,8-9H2,1-3H3,(H,29,31)/t24-/m0/s1. The van der Waals surface area contributed by atoms with Gasteiger partial charge in [-0.3, -0.25) is 14.5 Å². The van der Waals surface area contributed by atoms with Gasteiger partial charge in [0.2, 0.25) is 5.91 Å². The number of carbonyl (C=O) groups is 3. The smallest absolute Gasteiger partial charge is 0.337 e. The molecule has 0 bridgehead atoms. The fourth-order valence-corrected chi connectivity index (χ4v) is 4.65. The zero-order valence-corrected chi connectivity index (χ0v) is 21.1. The highest BCUT2D eigenvalue weighted by Crippen LogP contribution is 2.40. The zero-order chi connectivity index (χ0) is 26.4. The first kappa shape index (κ1) is 25.8. The van der Waals surface area contributed by atoms with Gasteiger partial charge in [0.05, 0.1) is 33.2 Å². The van der Waals surface area contributed by atoms with Crippen molar-refractivity contribution < 1.29 is 33.0 Å². The molecule has 1 saturated carbocycles. The molecule has 1 atom stereocenters. The second kappa shape index (κ2) is 11.6. The molecule has 1 heterocycles. The second-order valence-electron chi connectivity index (χ2n) is 8.67. The van der Waals surface area contributed by atoms with Crippen molar-refractivity contribution in [1.29, 1.82) is 0 Å². The number of para-hydroxylation sites is 1. The Labute approximate surface area is 215 Å². The first-order valence-corrected chi connectivity index (χ1v) is 12.0. The SMILES string of the molecule is COC(=O)c1ccc(N(C(=O)c2ccco2)[C@H](C(=O)NC2CCCC2)c2cccc(OC)c2OC)cc1. The van der Waals surface area contributed by atoms with Gasteiger partial charge in [-0.2, -0.15) is 0 Å². The first-order valence-electron chi connectivity index (χ1n) is 12.0. The zero-order valence-electron chi connectivity index (χ0n) is 21.1. The third-order valence-corrected chi connectivity index (χ3v) is 6.45. The molecule has 0 radical (unpaired) electrons. The molecule has 1 aromatic heterocycles. The van der Waals surface area contributed by atoms with E-state index in [1.165, 1.54) is 38.6 Å². The predicted molar refractivity (Wildman–Crippen MR) is 136 cm³/mol. The molecule has 9 heteroatoms. The number of anilines is 1. The lowest BCUT2D eigenvalue weighted by atomic mass is 10.00. The molecule has 3 aromatic rings. The van der Waals surface area contributed by atoms with E-state index in [0.29, 0.717) is 28.3 Å². The summed E-state index contributed by atoms with van der Waals surface area (Å²) in [5.74, 6) is -0.606. The molecule has 0 spiro atoms. The molecular formula is C28H30N2O7. The summed E-state index contributed by atoms with van der Waals surface area (Å²) in [6.07, 6.45) is 5.19. The Bertz CT molecular complexity index is 1230. The predicted octanol–water partition coefficient (Wildman–Crippen LogP) is 4.53. The number of hydrogen-bond donors (Lipinski definition) is 1. The molecule has 1 N–H and O–H groups in total. The third-order valence-electron chi connectivity index (χ3n) is 6.45. The average Bonchev–Trinajstić information content (AvgIpc) is 3.65. The molecule has 2 aromatic carbocycles. The van der Waals surface area contributed by atoms with Gasteiger partial charge in [-0.25, -0.2) is 4.79 Å². The molecule has 0 saturated heterocycles. The molecular weight excluding hydrogens is 476 g/mol. The van der Waals surface area contributed by atoms with E-state index in [2.05, 4.69) is 5.32 Å². The number of esters is 1. The third kappa shape index (κ3) is 5.45. The highest BCUT2D eigenvalue weighted by molar-refractivity contribution is 6.09. The minimum absolute atomic E-state index is 0.00821. The van der Waals surface area contributed by atoms with Crippen LogP contribution in [-0.2, 0) is 9.53 Å². The van der Waals surface area contributed by atoms with Gasteiger partial charge >= 0.3 is 5.97 Å². The monoisotopic (exact) mass is 506 g/mol. The highest BCUT2D eigenvalue weighted by Gasteiger charge is 2.38. The first-order chi connectivity index (χ1) is 18.0. The van der Waals surface area contributed by atoms with E-state index >= 15 is 0 Å². The van der Waals surface area contributed by atoms with Crippen LogP contribution in [0.5, 0.6) is 11.5 Å². The van der Waals surface area contributed by atoms with Crippen molar-refractivity contribution in [2.24, 2.45) is 0 Å². The molecule has 0 unspecified atom stereocenters. The van der Waals surface area contributed by atoms with Crippen molar-refractivity contribution in [3.8, 4) is 11.5 Å². The number of methoxy groups -OCH3 is 3. The van der Waals surface area contributed by atoms with Gasteiger partial charge in [0.25, 0.3) is 5.91 Å². The van der Waals surface area contributed by atoms with Gasteiger partial charge in [-0.05, 0) is 55.3 Å². The minimum atomic E-state index is -1.13. The van der Waals surface area contributed by atoms with Gasteiger partial charge in [-0.15, -0.1) is 0 Å². The number of amides is 2. The summed E-state index contributed by atoms with van der Waals surface area (Å²) in [5.41, 5.74) is 1.13. The number of nitrogens with zero attached hydrogens (tertiary/aromatic N) is 1. The van der Waals surface area contributed by atoms with Gasteiger partial charge in [0, 0.05) is 17.3 Å². The normalized spacial score (nSPS) is 14.0. The van der Waals surface area contributed by atoms with E-state index in [4.69, 9.17) is 18.6 Å². The van der Waals surface area contributed by atoms with Crippen molar-refractivity contribution in [1.82, 2.24) is 5.32 Å². The van der Waals surface area contributed by atoms with Crippen molar-refractivity contribution in [2.45, 2.75) is 37.8 Å². The van der Waals surface area contributed by atoms with E-state index in [9.17, 15) is 14.4 Å². The second-order valence-corrected chi connectivity index (χ2v) is 8.67. The maximum atomic E-state index is 14.0. The van der Waals surface area contributed by atoms with Gasteiger partial charge in [0.15, 0.2) is 17.3 Å². The Kier molecular flexibility index (Phi) is 8.12. The quantitative estimate of drug-likeness (QED) is 0.425. The number of nitrogens with one attached hydrogen (secondary N) is 1. The number of carbonyl (C=O) groups excluding carboxylic acids is 3. The van der Waals surface area contributed by atoms with Gasteiger partial charge in [-0.1, -0.05) is 25.0 Å². The van der Waals surface area contributed by atoms with Crippen LogP contribution in [0.25, 0.3) is 0 Å². The number of furan rings is 1. The maximum Gasteiger partial charge on any atom is 0.337 e. The summed E-state index contributed by atoms with van der Waals surface area (Å²) in [4.78, 5) is 41.2. The maximum absolute atomic E-state index is 14.0. The molecule has 1 fully saturated rings. The van der Waals surface area contributed by atoms with E-state index < -0.39 is 17.9 Å². The fraction of sp³-hybridized carbons (Fsp3) is 0.321. The fourth-order valence-electron chi connectivity index (χ4n) is 4.65. The van der Waals surface area contributed by atoms with Crippen LogP contribution in [-0.4, -0.2) is 45.2 Å². The number of rotatable bonds is 9. The minimum Gasteiger partial charge on any atom is -0.493 e. The topological polar surface area (TPSA) is 107 Å². The summed E-state index contributed by atoms with van der Waals surface area (Å²) >= 11 is 0. The molecule has 37 heavy (non-hydrogen) atoms. The molecule has 4 rings (SSSR count). The number of benzene rings is 2. The molecule has 1 aliphatic rings. The summed E-state index contributed by atoms with van der Waals surface area (Å²) in [5, 5.41) is 3.12. The van der Waals surface area contributed by atoms with Crippen LogP contribution in [0.2, 0.25) is 0 Å². The van der Waals surface area contributed by atoms with Crippen LogP contribution < -0.4 is 19.7 Å². The summed E-state index contributed by atoms with van der Waals surface area (Å²) in [7, 11) is 4.28. The van der Waals surface area contributed by atoms with Crippen molar-refractivity contribution in [3.05, 3.63) is 77.7 Å². The Hall–Kier alpha value is -4.27. The lowest BCUT2D eigenvalue weighted by molar-refractivity contribution is -0.123. The van der Waals surface area contributed by atoms with Crippen LogP contribution in [0.4, 0.5) is 5.69 Å². The number of ether oxygens (including phenoxy) is 3. The van der Waals surface area contributed by atoms with Crippen molar-refractivity contribution >= 4 is 23.5 Å². The van der Waals surface area contributed by atoms with Crippen LogP contribution in [0, 0.1) is 0 Å². The van der Waals surface area contributed by atoms with Crippen LogP contribution in [0.3, 0.4) is 0 Å². The summed E-state index contributed by atoms with van der Waals surface area (Å²) in [6, 6.07) is 13.5. The average molecular weight is 507 g/mol. The van der Waals surface area contributed by atoms with Crippen molar-refractivity contribution in [3.63, 3.8) is 0 Å². The Morgan fingerprint density at radius 3 is 2.27 bits per heavy atom. The molecule has 194 valence electrons. The van der Waals surface area contributed by atoms with E-state index in [1.54, 1.807) is 48.5 Å². The Morgan fingerprint density at radius 2 is 1.68 bits per heavy atom.